The number of rotatable bonds is 5. The van der Waals surface area contributed by atoms with E-state index in [1.807, 2.05) is 12.1 Å². The standard InChI is InChI=1S/C13H12O4/c14-8-7-10-1-3-11(4-2-10)16-13-6-5-12(9-15)17-13/h1-6,9,14H,7-8H2. The zero-order valence-electron chi connectivity index (χ0n) is 9.13. The summed E-state index contributed by atoms with van der Waals surface area (Å²) >= 11 is 0. The van der Waals surface area contributed by atoms with Gasteiger partial charge in [0, 0.05) is 12.7 Å². The van der Waals surface area contributed by atoms with Gasteiger partial charge in [0.15, 0.2) is 12.0 Å². The van der Waals surface area contributed by atoms with Crippen LogP contribution < -0.4 is 4.74 Å². The smallest absolute Gasteiger partial charge is 0.290 e. The number of aliphatic hydroxyl groups is 1. The number of furan rings is 1. The van der Waals surface area contributed by atoms with Crippen LogP contribution in [-0.2, 0) is 6.42 Å². The zero-order valence-corrected chi connectivity index (χ0v) is 9.13. The molecule has 1 aromatic carbocycles. The molecule has 4 nitrogen and oxygen atoms in total. The molecule has 2 aromatic rings. The van der Waals surface area contributed by atoms with Crippen LogP contribution in [0, 0.1) is 0 Å². The van der Waals surface area contributed by atoms with E-state index in [1.54, 1.807) is 24.3 Å². The highest BCUT2D eigenvalue weighted by atomic mass is 16.6. The molecule has 2 rings (SSSR count). The highest BCUT2D eigenvalue weighted by molar-refractivity contribution is 5.70. The number of hydrogen-bond acceptors (Lipinski definition) is 4. The topological polar surface area (TPSA) is 59.7 Å². The first-order chi connectivity index (χ1) is 8.31. The lowest BCUT2D eigenvalue weighted by atomic mass is 10.1. The third kappa shape index (κ3) is 2.95. The van der Waals surface area contributed by atoms with Crippen molar-refractivity contribution < 1.29 is 19.1 Å². The number of carbonyl (C=O) groups is 1. The van der Waals surface area contributed by atoms with Gasteiger partial charge in [-0.05, 0) is 30.2 Å². The summed E-state index contributed by atoms with van der Waals surface area (Å²) in [6.07, 6.45) is 1.24. The third-order valence-electron chi connectivity index (χ3n) is 2.26. The van der Waals surface area contributed by atoms with Gasteiger partial charge >= 0.3 is 0 Å². The third-order valence-corrected chi connectivity index (χ3v) is 2.26. The summed E-state index contributed by atoms with van der Waals surface area (Å²) in [6, 6.07) is 10.4. The van der Waals surface area contributed by atoms with Crippen molar-refractivity contribution in [3.8, 4) is 11.7 Å². The van der Waals surface area contributed by atoms with Crippen molar-refractivity contribution in [2.24, 2.45) is 0 Å². The van der Waals surface area contributed by atoms with E-state index in [2.05, 4.69) is 0 Å². The van der Waals surface area contributed by atoms with Crippen LogP contribution in [-0.4, -0.2) is 18.0 Å². The summed E-state index contributed by atoms with van der Waals surface area (Å²) in [7, 11) is 0. The average molecular weight is 232 g/mol. The van der Waals surface area contributed by atoms with E-state index in [-0.39, 0.29) is 18.3 Å². The number of hydrogen-bond donors (Lipinski definition) is 1. The van der Waals surface area contributed by atoms with E-state index in [1.165, 1.54) is 0 Å². The Hall–Kier alpha value is -2.07. The fourth-order valence-corrected chi connectivity index (χ4v) is 1.42. The molecule has 0 aliphatic rings. The van der Waals surface area contributed by atoms with E-state index >= 15 is 0 Å². The molecule has 0 unspecified atom stereocenters. The maximum Gasteiger partial charge on any atom is 0.290 e. The Kier molecular flexibility index (Phi) is 3.57. The minimum atomic E-state index is 0.126. The summed E-state index contributed by atoms with van der Waals surface area (Å²) in [5.41, 5.74) is 1.04. The van der Waals surface area contributed by atoms with Gasteiger partial charge in [-0.2, -0.15) is 0 Å². The van der Waals surface area contributed by atoms with E-state index in [9.17, 15) is 4.79 Å². The van der Waals surface area contributed by atoms with Crippen LogP contribution in [0.5, 0.6) is 11.7 Å². The van der Waals surface area contributed by atoms with Crippen molar-refractivity contribution in [1.82, 2.24) is 0 Å². The van der Waals surface area contributed by atoms with Crippen LogP contribution in [0.15, 0.2) is 40.8 Å². The Labute approximate surface area is 98.4 Å². The van der Waals surface area contributed by atoms with Gasteiger partial charge in [-0.1, -0.05) is 12.1 Å². The second-order valence-electron chi connectivity index (χ2n) is 3.49. The molecule has 1 heterocycles. The SMILES string of the molecule is O=Cc1ccc(Oc2ccc(CCO)cc2)o1. The van der Waals surface area contributed by atoms with Crippen LogP contribution >= 0.6 is 0 Å². The van der Waals surface area contributed by atoms with Crippen molar-refractivity contribution in [2.75, 3.05) is 6.61 Å². The Morgan fingerprint density at radius 2 is 1.94 bits per heavy atom. The van der Waals surface area contributed by atoms with Gasteiger partial charge in [-0.3, -0.25) is 4.79 Å². The lowest BCUT2D eigenvalue weighted by molar-refractivity contribution is 0.109. The minimum absolute atomic E-state index is 0.126. The quantitative estimate of drug-likeness (QED) is 0.804. The van der Waals surface area contributed by atoms with Gasteiger partial charge in [0.2, 0.25) is 0 Å². The van der Waals surface area contributed by atoms with Crippen LogP contribution in [0.1, 0.15) is 16.1 Å². The predicted molar refractivity (Wildman–Crippen MR) is 61.4 cm³/mol. The molecular formula is C13H12O4. The summed E-state index contributed by atoms with van der Waals surface area (Å²) < 4.78 is 10.5. The van der Waals surface area contributed by atoms with E-state index in [4.69, 9.17) is 14.3 Å². The normalized spacial score (nSPS) is 10.2. The maximum atomic E-state index is 10.4. The molecule has 0 spiro atoms. The molecule has 0 fully saturated rings. The lowest BCUT2D eigenvalue weighted by Gasteiger charge is -2.03. The second kappa shape index (κ2) is 5.32. The average Bonchev–Trinajstić information content (AvgIpc) is 2.80. The van der Waals surface area contributed by atoms with Crippen molar-refractivity contribution in [2.45, 2.75) is 6.42 Å². The number of carbonyl (C=O) groups excluding carboxylic acids is 1. The molecule has 17 heavy (non-hydrogen) atoms. The molecule has 1 aromatic heterocycles. The van der Waals surface area contributed by atoms with E-state index in [0.29, 0.717) is 18.5 Å². The van der Waals surface area contributed by atoms with Gasteiger partial charge in [0.1, 0.15) is 5.75 Å². The van der Waals surface area contributed by atoms with Crippen LogP contribution in [0.25, 0.3) is 0 Å². The predicted octanol–water partition coefficient (Wildman–Crippen LogP) is 2.42. The van der Waals surface area contributed by atoms with Crippen molar-refractivity contribution >= 4 is 6.29 Å². The molecule has 0 saturated heterocycles. The summed E-state index contributed by atoms with van der Waals surface area (Å²) in [6.45, 7) is 0.126. The summed E-state index contributed by atoms with van der Waals surface area (Å²) in [4.78, 5) is 10.4. The first-order valence-corrected chi connectivity index (χ1v) is 5.24. The highest BCUT2D eigenvalue weighted by Gasteiger charge is 2.03. The molecule has 0 aliphatic heterocycles. The number of aliphatic hydroxyl groups excluding tert-OH is 1. The van der Waals surface area contributed by atoms with Crippen LogP contribution in [0.4, 0.5) is 0 Å². The first kappa shape index (κ1) is 11.4. The van der Waals surface area contributed by atoms with Crippen LogP contribution in [0.2, 0.25) is 0 Å². The van der Waals surface area contributed by atoms with Crippen molar-refractivity contribution in [1.29, 1.82) is 0 Å². The monoisotopic (exact) mass is 232 g/mol. The Morgan fingerprint density at radius 1 is 1.18 bits per heavy atom. The molecule has 0 atom stereocenters. The molecule has 0 amide bonds. The van der Waals surface area contributed by atoms with Gasteiger partial charge < -0.3 is 14.3 Å². The number of aldehydes is 1. The fraction of sp³-hybridized carbons (Fsp3) is 0.154. The molecule has 1 N–H and O–H groups in total. The van der Waals surface area contributed by atoms with E-state index in [0.717, 1.165) is 5.56 Å². The second-order valence-corrected chi connectivity index (χ2v) is 3.49. The molecule has 0 aliphatic carbocycles. The lowest BCUT2D eigenvalue weighted by Crippen LogP contribution is -1.90. The largest absolute Gasteiger partial charge is 0.426 e. The summed E-state index contributed by atoms with van der Waals surface area (Å²) in [5, 5.41) is 8.77. The molecule has 0 saturated carbocycles. The molecule has 0 radical (unpaired) electrons. The van der Waals surface area contributed by atoms with Gasteiger partial charge in [0.05, 0.1) is 0 Å². The molecule has 88 valence electrons. The van der Waals surface area contributed by atoms with Crippen molar-refractivity contribution in [3.05, 3.63) is 47.7 Å². The maximum absolute atomic E-state index is 10.4. The molecular weight excluding hydrogens is 220 g/mol. The minimum Gasteiger partial charge on any atom is -0.426 e. The number of ether oxygens (including phenoxy) is 1. The van der Waals surface area contributed by atoms with Gasteiger partial charge in [-0.25, -0.2) is 0 Å². The summed E-state index contributed by atoms with van der Waals surface area (Å²) in [5.74, 6) is 1.14. The highest BCUT2D eigenvalue weighted by Crippen LogP contribution is 2.23. The van der Waals surface area contributed by atoms with Gasteiger partial charge in [-0.15, -0.1) is 0 Å². The van der Waals surface area contributed by atoms with Crippen LogP contribution in [0.3, 0.4) is 0 Å². The fourth-order valence-electron chi connectivity index (χ4n) is 1.42. The Balaban J connectivity index is 2.05. The first-order valence-electron chi connectivity index (χ1n) is 5.24. The van der Waals surface area contributed by atoms with Gasteiger partial charge in [0.25, 0.3) is 5.95 Å². The van der Waals surface area contributed by atoms with Crippen molar-refractivity contribution in [3.63, 3.8) is 0 Å². The Morgan fingerprint density at radius 3 is 2.53 bits per heavy atom. The zero-order chi connectivity index (χ0) is 12.1. The molecule has 0 bridgehead atoms. The molecule has 4 heteroatoms. The Bertz CT molecular complexity index is 484. The number of benzene rings is 1. The van der Waals surface area contributed by atoms with E-state index < -0.39 is 0 Å².